The van der Waals surface area contributed by atoms with E-state index in [0.29, 0.717) is 18.1 Å². The Hall–Kier alpha value is -1.39. The minimum absolute atomic E-state index is 0.0199. The van der Waals surface area contributed by atoms with Crippen LogP contribution < -0.4 is 0 Å². The van der Waals surface area contributed by atoms with Gasteiger partial charge in [0.05, 0.1) is 29.3 Å². The predicted octanol–water partition coefficient (Wildman–Crippen LogP) is 3.67. The van der Waals surface area contributed by atoms with Gasteiger partial charge in [-0.25, -0.2) is 0 Å². The first-order valence-corrected chi connectivity index (χ1v) is 7.78. The maximum atomic E-state index is 12.0. The molecule has 0 fully saturated rings. The van der Waals surface area contributed by atoms with E-state index >= 15 is 0 Å². The normalized spacial score (nSPS) is 12.1. The van der Waals surface area contributed by atoms with Crippen LogP contribution in [-0.2, 0) is 28.4 Å². The summed E-state index contributed by atoms with van der Waals surface area (Å²) in [6.45, 7) is 6.91. The van der Waals surface area contributed by atoms with Crippen LogP contribution in [0.1, 0.15) is 38.4 Å². The number of aryl methyl sites for hydroxylation is 1. The summed E-state index contributed by atoms with van der Waals surface area (Å²) in [4.78, 5) is 12.0. The Kier molecular flexibility index (Phi) is 4.93. The monoisotopic (exact) mass is 322 g/mol. The van der Waals surface area contributed by atoms with Gasteiger partial charge in [0.15, 0.2) is 0 Å². The number of carbonyl (C=O) groups excluding carboxylic acids is 1. The first-order valence-electron chi connectivity index (χ1n) is 7.41. The lowest BCUT2D eigenvalue weighted by molar-refractivity contribution is -0.119. The topological polar surface area (TPSA) is 44.1 Å². The van der Waals surface area contributed by atoms with E-state index in [-0.39, 0.29) is 17.6 Å². The average Bonchev–Trinajstić information content (AvgIpc) is 2.73. The highest BCUT2D eigenvalue weighted by atomic mass is 35.5. The standard InChI is InChI=1S/C17H23ClN2O2/c1-17(2,3)12-6-7-13(18)15-14(19-20(4)16(12)15)10-11(21)8-9-22-5/h6-7H,8-10H2,1-5H3. The van der Waals surface area contributed by atoms with E-state index in [1.165, 1.54) is 5.56 Å². The third-order valence-corrected chi connectivity index (χ3v) is 4.08. The summed E-state index contributed by atoms with van der Waals surface area (Å²) in [5, 5.41) is 6.08. The Morgan fingerprint density at radius 1 is 1.36 bits per heavy atom. The van der Waals surface area contributed by atoms with Crippen LogP contribution in [0.2, 0.25) is 5.02 Å². The van der Waals surface area contributed by atoms with Gasteiger partial charge in [0.2, 0.25) is 0 Å². The van der Waals surface area contributed by atoms with E-state index in [1.807, 2.05) is 23.9 Å². The first-order chi connectivity index (χ1) is 10.3. The number of rotatable bonds is 5. The van der Waals surface area contributed by atoms with Crippen molar-refractivity contribution in [1.29, 1.82) is 0 Å². The summed E-state index contributed by atoms with van der Waals surface area (Å²) in [5.74, 6) is 0.110. The molecule has 0 atom stereocenters. The summed E-state index contributed by atoms with van der Waals surface area (Å²) >= 11 is 6.40. The van der Waals surface area contributed by atoms with E-state index in [0.717, 1.165) is 16.6 Å². The number of benzene rings is 1. The van der Waals surface area contributed by atoms with Crippen molar-refractivity contribution in [2.75, 3.05) is 13.7 Å². The van der Waals surface area contributed by atoms with Gasteiger partial charge in [-0.1, -0.05) is 38.4 Å². The van der Waals surface area contributed by atoms with Crippen LogP contribution in [0, 0.1) is 0 Å². The van der Waals surface area contributed by atoms with Crippen LogP contribution in [-0.4, -0.2) is 29.3 Å². The number of hydrogen-bond donors (Lipinski definition) is 0. The molecule has 4 nitrogen and oxygen atoms in total. The molecule has 0 aliphatic heterocycles. The zero-order valence-electron chi connectivity index (χ0n) is 13.9. The van der Waals surface area contributed by atoms with Crippen LogP contribution >= 0.6 is 11.6 Å². The molecule has 0 N–H and O–H groups in total. The van der Waals surface area contributed by atoms with E-state index in [4.69, 9.17) is 16.3 Å². The van der Waals surface area contributed by atoms with Gasteiger partial charge in [-0.15, -0.1) is 0 Å². The molecule has 1 aromatic heterocycles. The lowest BCUT2D eigenvalue weighted by Gasteiger charge is -2.21. The minimum Gasteiger partial charge on any atom is -0.384 e. The van der Waals surface area contributed by atoms with Gasteiger partial charge in [0, 0.05) is 26.0 Å². The molecular weight excluding hydrogens is 300 g/mol. The largest absolute Gasteiger partial charge is 0.384 e. The first kappa shape index (κ1) is 17.0. The molecule has 0 aliphatic rings. The lowest BCUT2D eigenvalue weighted by atomic mass is 9.85. The van der Waals surface area contributed by atoms with E-state index in [1.54, 1.807) is 7.11 Å². The molecule has 2 aromatic rings. The van der Waals surface area contributed by atoms with Gasteiger partial charge >= 0.3 is 0 Å². The fourth-order valence-corrected chi connectivity index (χ4v) is 2.94. The molecule has 0 aliphatic carbocycles. The number of Topliss-reactive ketones (excluding diaryl/α,β-unsaturated/α-hetero) is 1. The van der Waals surface area contributed by atoms with Crippen molar-refractivity contribution in [2.24, 2.45) is 7.05 Å². The molecule has 22 heavy (non-hydrogen) atoms. The molecule has 0 spiro atoms. The van der Waals surface area contributed by atoms with Crippen LogP contribution in [0.5, 0.6) is 0 Å². The zero-order valence-corrected chi connectivity index (χ0v) is 14.6. The Morgan fingerprint density at radius 2 is 2.05 bits per heavy atom. The fourth-order valence-electron chi connectivity index (χ4n) is 2.68. The van der Waals surface area contributed by atoms with Gasteiger partial charge < -0.3 is 4.74 Å². The number of ether oxygens (including phenoxy) is 1. The second-order valence-corrected chi connectivity index (χ2v) is 7.00. The number of hydrogen-bond acceptors (Lipinski definition) is 3. The number of aromatic nitrogens is 2. The third kappa shape index (κ3) is 3.33. The molecule has 2 rings (SSSR count). The number of halogens is 1. The highest BCUT2D eigenvalue weighted by Gasteiger charge is 2.23. The molecule has 0 bridgehead atoms. The zero-order chi connectivity index (χ0) is 16.5. The van der Waals surface area contributed by atoms with E-state index < -0.39 is 0 Å². The number of methoxy groups -OCH3 is 1. The van der Waals surface area contributed by atoms with E-state index in [9.17, 15) is 4.79 Å². The minimum atomic E-state index is -0.0199. The van der Waals surface area contributed by atoms with Crippen molar-refractivity contribution < 1.29 is 9.53 Å². The quantitative estimate of drug-likeness (QED) is 0.843. The predicted molar refractivity (Wildman–Crippen MR) is 89.6 cm³/mol. The maximum absolute atomic E-state index is 12.0. The second kappa shape index (κ2) is 6.39. The number of fused-ring (bicyclic) bond motifs is 1. The molecule has 120 valence electrons. The number of nitrogens with zero attached hydrogens (tertiary/aromatic N) is 2. The van der Waals surface area contributed by atoms with Crippen molar-refractivity contribution >= 4 is 28.3 Å². The van der Waals surface area contributed by atoms with Crippen LogP contribution in [0.4, 0.5) is 0 Å². The Bertz CT molecular complexity index is 699. The SMILES string of the molecule is COCCC(=O)Cc1nn(C)c2c(C(C)(C)C)ccc(Cl)c12. The van der Waals surface area contributed by atoms with Crippen molar-refractivity contribution in [3.63, 3.8) is 0 Å². The summed E-state index contributed by atoms with van der Waals surface area (Å²) in [7, 11) is 3.49. The molecule has 0 amide bonds. The van der Waals surface area contributed by atoms with Crippen LogP contribution in [0.25, 0.3) is 10.9 Å². The lowest BCUT2D eigenvalue weighted by Crippen LogP contribution is -2.13. The fraction of sp³-hybridized carbons (Fsp3) is 0.529. The van der Waals surface area contributed by atoms with Gasteiger partial charge in [-0.2, -0.15) is 5.10 Å². The second-order valence-electron chi connectivity index (χ2n) is 6.60. The van der Waals surface area contributed by atoms with Crippen molar-refractivity contribution in [2.45, 2.75) is 39.0 Å². The Balaban J connectivity index is 2.52. The molecule has 0 saturated heterocycles. The summed E-state index contributed by atoms with van der Waals surface area (Å²) in [5.41, 5.74) is 2.91. The molecule has 5 heteroatoms. The summed E-state index contributed by atoms with van der Waals surface area (Å²) in [6.07, 6.45) is 0.680. The molecule has 0 radical (unpaired) electrons. The maximum Gasteiger partial charge on any atom is 0.141 e. The average molecular weight is 323 g/mol. The molecule has 0 unspecified atom stereocenters. The van der Waals surface area contributed by atoms with Gasteiger partial charge in [0.1, 0.15) is 5.78 Å². The smallest absolute Gasteiger partial charge is 0.141 e. The Labute approximate surface area is 136 Å². The van der Waals surface area contributed by atoms with Crippen molar-refractivity contribution in [3.8, 4) is 0 Å². The summed E-state index contributed by atoms with van der Waals surface area (Å²) in [6, 6.07) is 3.94. The molecular formula is C17H23ClN2O2. The third-order valence-electron chi connectivity index (χ3n) is 3.77. The van der Waals surface area contributed by atoms with Crippen molar-refractivity contribution in [1.82, 2.24) is 9.78 Å². The van der Waals surface area contributed by atoms with Gasteiger partial charge in [0.25, 0.3) is 0 Å². The molecule has 0 saturated carbocycles. The van der Waals surface area contributed by atoms with Gasteiger partial charge in [-0.3, -0.25) is 9.48 Å². The number of carbonyl (C=O) groups is 1. The number of ketones is 1. The Morgan fingerprint density at radius 3 is 2.64 bits per heavy atom. The highest BCUT2D eigenvalue weighted by Crippen LogP contribution is 2.35. The summed E-state index contributed by atoms with van der Waals surface area (Å²) < 4.78 is 6.79. The van der Waals surface area contributed by atoms with E-state index in [2.05, 4.69) is 25.9 Å². The van der Waals surface area contributed by atoms with Crippen LogP contribution in [0.3, 0.4) is 0 Å². The molecule has 1 aromatic carbocycles. The van der Waals surface area contributed by atoms with Gasteiger partial charge in [-0.05, 0) is 17.0 Å². The highest BCUT2D eigenvalue weighted by molar-refractivity contribution is 6.35. The van der Waals surface area contributed by atoms with Crippen molar-refractivity contribution in [3.05, 3.63) is 28.4 Å². The van der Waals surface area contributed by atoms with Crippen LogP contribution in [0.15, 0.2) is 12.1 Å². The molecule has 1 heterocycles.